The largest absolute Gasteiger partial charge is 0.327 e. The average Bonchev–Trinajstić information content (AvgIpc) is 2.73. The van der Waals surface area contributed by atoms with Crippen LogP contribution < -0.4 is 5.32 Å². The van der Waals surface area contributed by atoms with Crippen molar-refractivity contribution < 1.29 is 0 Å². The third-order valence-electron chi connectivity index (χ3n) is 3.14. The van der Waals surface area contributed by atoms with Gasteiger partial charge in [0.25, 0.3) is 0 Å². The van der Waals surface area contributed by atoms with Gasteiger partial charge in [0.1, 0.15) is 5.82 Å². The van der Waals surface area contributed by atoms with E-state index in [1.807, 2.05) is 0 Å². The number of nitrogens with zero attached hydrogens (tertiary/aromatic N) is 2. The summed E-state index contributed by atoms with van der Waals surface area (Å²) in [6.45, 7) is 8.50. The van der Waals surface area contributed by atoms with Gasteiger partial charge in [-0.3, -0.25) is 0 Å². The van der Waals surface area contributed by atoms with Crippen LogP contribution in [0.25, 0.3) is 11.0 Å². The number of imidazole rings is 1. The molecular formula is C14H20BrN3. The molecule has 1 heterocycles. The molecule has 4 heteroatoms. The summed E-state index contributed by atoms with van der Waals surface area (Å²) in [6, 6.07) is 6.57. The molecule has 0 saturated heterocycles. The van der Waals surface area contributed by atoms with Crippen LogP contribution in [0.15, 0.2) is 22.7 Å². The maximum atomic E-state index is 4.77. The number of rotatable bonds is 5. The van der Waals surface area contributed by atoms with Gasteiger partial charge in [-0.25, -0.2) is 4.98 Å². The van der Waals surface area contributed by atoms with E-state index in [1.165, 1.54) is 5.52 Å². The van der Waals surface area contributed by atoms with Gasteiger partial charge in [0.2, 0.25) is 0 Å². The van der Waals surface area contributed by atoms with E-state index in [9.17, 15) is 0 Å². The Hall–Kier alpha value is -0.870. The minimum atomic E-state index is 0.288. The molecule has 1 unspecified atom stereocenters. The topological polar surface area (TPSA) is 29.9 Å². The molecule has 0 fully saturated rings. The first-order chi connectivity index (χ1) is 8.67. The highest BCUT2D eigenvalue weighted by atomic mass is 79.9. The number of aryl methyl sites for hydroxylation is 1. The second-order valence-electron chi connectivity index (χ2n) is 4.52. The first-order valence-corrected chi connectivity index (χ1v) is 7.35. The van der Waals surface area contributed by atoms with Gasteiger partial charge in [0.15, 0.2) is 0 Å². The molecule has 2 aromatic rings. The molecule has 0 spiro atoms. The number of aromatic nitrogens is 2. The third kappa shape index (κ3) is 2.59. The molecule has 0 aliphatic carbocycles. The lowest BCUT2D eigenvalue weighted by atomic mass is 10.3. The van der Waals surface area contributed by atoms with E-state index >= 15 is 0 Å². The van der Waals surface area contributed by atoms with Crippen LogP contribution in [0.4, 0.5) is 0 Å². The summed E-state index contributed by atoms with van der Waals surface area (Å²) in [5.41, 5.74) is 2.27. The molecular weight excluding hydrogens is 290 g/mol. The smallest absolute Gasteiger partial charge is 0.126 e. The van der Waals surface area contributed by atoms with E-state index in [-0.39, 0.29) is 6.04 Å². The molecule has 1 atom stereocenters. The van der Waals surface area contributed by atoms with Crippen LogP contribution in [0.1, 0.15) is 39.1 Å². The molecule has 0 aliphatic rings. The molecule has 0 amide bonds. The highest BCUT2D eigenvalue weighted by molar-refractivity contribution is 9.10. The number of fused-ring (bicyclic) bond motifs is 1. The Labute approximate surface area is 117 Å². The lowest BCUT2D eigenvalue weighted by molar-refractivity contribution is 0.521. The quantitative estimate of drug-likeness (QED) is 0.908. The molecule has 1 aromatic heterocycles. The lowest BCUT2D eigenvalue weighted by Crippen LogP contribution is -2.22. The van der Waals surface area contributed by atoms with Crippen LogP contribution >= 0.6 is 15.9 Å². The molecule has 1 N–H and O–H groups in total. The minimum absolute atomic E-state index is 0.288. The summed E-state index contributed by atoms with van der Waals surface area (Å²) in [5, 5.41) is 3.50. The molecule has 3 nitrogen and oxygen atoms in total. The van der Waals surface area contributed by atoms with Gasteiger partial charge < -0.3 is 9.88 Å². The zero-order chi connectivity index (χ0) is 13.1. The van der Waals surface area contributed by atoms with Crippen LogP contribution in [0.5, 0.6) is 0 Å². The Kier molecular flexibility index (Phi) is 4.40. The van der Waals surface area contributed by atoms with E-state index < -0.39 is 0 Å². The Morgan fingerprint density at radius 1 is 1.39 bits per heavy atom. The van der Waals surface area contributed by atoms with Crippen LogP contribution in [0.3, 0.4) is 0 Å². The Morgan fingerprint density at radius 2 is 2.17 bits per heavy atom. The maximum Gasteiger partial charge on any atom is 0.126 e. The number of hydrogen-bond donors (Lipinski definition) is 1. The Bertz CT molecular complexity index is 533. The number of halogens is 1. The van der Waals surface area contributed by atoms with Crippen molar-refractivity contribution in [2.45, 2.75) is 39.8 Å². The maximum absolute atomic E-state index is 4.77. The fourth-order valence-corrected chi connectivity index (χ4v) is 2.59. The standard InChI is InChI=1S/C14H20BrN3/c1-4-8-16-10(3)14-17-12-9-11(15)6-7-13(12)18(14)5-2/h6-7,9-10,16H,4-5,8H2,1-3H3. The molecule has 1 aromatic carbocycles. The average molecular weight is 310 g/mol. The number of hydrogen-bond acceptors (Lipinski definition) is 2. The van der Waals surface area contributed by atoms with Crippen molar-refractivity contribution in [2.75, 3.05) is 6.54 Å². The zero-order valence-electron chi connectivity index (χ0n) is 11.2. The molecule has 18 heavy (non-hydrogen) atoms. The summed E-state index contributed by atoms with van der Waals surface area (Å²) in [4.78, 5) is 4.77. The predicted octanol–water partition coefficient (Wildman–Crippen LogP) is 3.88. The minimum Gasteiger partial charge on any atom is -0.327 e. The summed E-state index contributed by atoms with van der Waals surface area (Å²) in [5.74, 6) is 1.12. The van der Waals surface area contributed by atoms with Crippen LogP contribution in [-0.4, -0.2) is 16.1 Å². The van der Waals surface area contributed by atoms with E-state index in [0.717, 1.165) is 35.3 Å². The first-order valence-electron chi connectivity index (χ1n) is 6.56. The molecule has 0 aliphatic heterocycles. The summed E-state index contributed by atoms with van der Waals surface area (Å²) >= 11 is 3.50. The third-order valence-corrected chi connectivity index (χ3v) is 3.64. The van der Waals surface area contributed by atoms with Gasteiger partial charge in [-0.2, -0.15) is 0 Å². The van der Waals surface area contributed by atoms with Gasteiger partial charge in [-0.15, -0.1) is 0 Å². The SMILES string of the molecule is CCCNC(C)c1nc2cc(Br)ccc2n1CC. The van der Waals surface area contributed by atoms with Crippen LogP contribution in [0, 0.1) is 0 Å². The van der Waals surface area contributed by atoms with Crippen molar-refractivity contribution in [3.8, 4) is 0 Å². The summed E-state index contributed by atoms with van der Waals surface area (Å²) in [6.07, 6.45) is 1.14. The summed E-state index contributed by atoms with van der Waals surface area (Å²) < 4.78 is 3.37. The fraction of sp³-hybridized carbons (Fsp3) is 0.500. The fourth-order valence-electron chi connectivity index (χ4n) is 2.24. The molecule has 0 radical (unpaired) electrons. The molecule has 2 rings (SSSR count). The normalized spacial score (nSPS) is 13.1. The summed E-state index contributed by atoms with van der Waals surface area (Å²) in [7, 11) is 0. The lowest BCUT2D eigenvalue weighted by Gasteiger charge is -2.14. The van der Waals surface area contributed by atoms with Crippen molar-refractivity contribution in [3.63, 3.8) is 0 Å². The predicted molar refractivity (Wildman–Crippen MR) is 79.8 cm³/mol. The van der Waals surface area contributed by atoms with Crippen molar-refractivity contribution in [1.29, 1.82) is 0 Å². The molecule has 98 valence electrons. The number of nitrogens with one attached hydrogen (secondary N) is 1. The van der Waals surface area contributed by atoms with Gasteiger partial charge in [-0.1, -0.05) is 22.9 Å². The highest BCUT2D eigenvalue weighted by Gasteiger charge is 2.15. The highest BCUT2D eigenvalue weighted by Crippen LogP contribution is 2.23. The van der Waals surface area contributed by atoms with Gasteiger partial charge in [-0.05, 0) is 45.0 Å². The number of benzene rings is 1. The van der Waals surface area contributed by atoms with Crippen molar-refractivity contribution in [3.05, 3.63) is 28.5 Å². The zero-order valence-corrected chi connectivity index (χ0v) is 12.8. The van der Waals surface area contributed by atoms with E-state index in [2.05, 4.69) is 64.8 Å². The van der Waals surface area contributed by atoms with Crippen molar-refractivity contribution >= 4 is 27.0 Å². The van der Waals surface area contributed by atoms with E-state index in [0.29, 0.717) is 0 Å². The Balaban J connectivity index is 2.43. The van der Waals surface area contributed by atoms with Gasteiger partial charge in [0, 0.05) is 11.0 Å². The second kappa shape index (κ2) is 5.85. The van der Waals surface area contributed by atoms with Crippen LogP contribution in [0.2, 0.25) is 0 Å². The second-order valence-corrected chi connectivity index (χ2v) is 5.44. The first kappa shape index (κ1) is 13.6. The van der Waals surface area contributed by atoms with Crippen molar-refractivity contribution in [1.82, 2.24) is 14.9 Å². The van der Waals surface area contributed by atoms with Crippen LogP contribution in [-0.2, 0) is 6.54 Å². The van der Waals surface area contributed by atoms with Crippen molar-refractivity contribution in [2.24, 2.45) is 0 Å². The molecule has 0 bridgehead atoms. The van der Waals surface area contributed by atoms with E-state index in [4.69, 9.17) is 4.98 Å². The molecule has 0 saturated carbocycles. The van der Waals surface area contributed by atoms with E-state index in [1.54, 1.807) is 0 Å². The van der Waals surface area contributed by atoms with Gasteiger partial charge >= 0.3 is 0 Å². The van der Waals surface area contributed by atoms with Gasteiger partial charge in [0.05, 0.1) is 17.1 Å². The Morgan fingerprint density at radius 3 is 2.83 bits per heavy atom. The monoisotopic (exact) mass is 309 g/mol.